The van der Waals surface area contributed by atoms with Crippen molar-refractivity contribution >= 4 is 17.3 Å². The van der Waals surface area contributed by atoms with Crippen LogP contribution in [0.2, 0.25) is 0 Å². The number of rotatable bonds is 5. The molecule has 4 aromatic carbocycles. The Bertz CT molecular complexity index is 1330. The standard InChI is InChI=1S/C31H25NO2/c1-24-16-20-28(21-17-24)32(31(33)27-18-22-29(34-2)23-19-27)30(26-13-7-4-8-14-26)15-9-12-25-10-5-3-6-11-25/h3-8,10-11,13-23H,1-2H3/b30-15+. The van der Waals surface area contributed by atoms with E-state index in [0.29, 0.717) is 17.0 Å². The molecule has 0 fully saturated rings. The Balaban J connectivity index is 1.85. The van der Waals surface area contributed by atoms with Crippen molar-refractivity contribution in [3.8, 4) is 17.6 Å². The maximum absolute atomic E-state index is 13.9. The lowest BCUT2D eigenvalue weighted by Crippen LogP contribution is -2.29. The predicted octanol–water partition coefficient (Wildman–Crippen LogP) is 6.74. The second-order valence-corrected chi connectivity index (χ2v) is 7.74. The third kappa shape index (κ3) is 5.43. The summed E-state index contributed by atoms with van der Waals surface area (Å²) in [5.74, 6) is 6.88. The Morgan fingerprint density at radius 2 is 1.38 bits per heavy atom. The summed E-state index contributed by atoms with van der Waals surface area (Å²) in [6.07, 6.45) is 1.81. The first-order chi connectivity index (χ1) is 16.7. The number of carbonyl (C=O) groups excluding carboxylic acids is 1. The highest BCUT2D eigenvalue weighted by molar-refractivity contribution is 6.14. The summed E-state index contributed by atoms with van der Waals surface area (Å²) < 4.78 is 5.26. The highest BCUT2D eigenvalue weighted by Crippen LogP contribution is 2.29. The molecule has 0 bridgehead atoms. The van der Waals surface area contributed by atoms with Crippen molar-refractivity contribution in [2.75, 3.05) is 12.0 Å². The maximum atomic E-state index is 13.9. The Morgan fingerprint density at radius 3 is 2.00 bits per heavy atom. The number of amides is 1. The predicted molar refractivity (Wildman–Crippen MR) is 139 cm³/mol. The number of carbonyl (C=O) groups is 1. The van der Waals surface area contributed by atoms with Crippen LogP contribution in [-0.2, 0) is 0 Å². The number of allylic oxidation sites excluding steroid dienone is 1. The molecular formula is C31H25NO2. The van der Waals surface area contributed by atoms with E-state index >= 15 is 0 Å². The van der Waals surface area contributed by atoms with E-state index in [9.17, 15) is 4.79 Å². The highest BCUT2D eigenvalue weighted by Gasteiger charge is 2.23. The van der Waals surface area contributed by atoms with Crippen molar-refractivity contribution in [3.63, 3.8) is 0 Å². The second kappa shape index (κ2) is 10.8. The van der Waals surface area contributed by atoms with E-state index in [-0.39, 0.29) is 5.91 Å². The first kappa shape index (κ1) is 22.6. The summed E-state index contributed by atoms with van der Waals surface area (Å²) in [6, 6.07) is 34.7. The van der Waals surface area contributed by atoms with Gasteiger partial charge in [-0.05, 0) is 61.0 Å². The zero-order valence-electron chi connectivity index (χ0n) is 19.2. The average molecular weight is 444 g/mol. The molecule has 0 unspecified atom stereocenters. The molecule has 0 aliphatic heterocycles. The number of benzene rings is 4. The van der Waals surface area contributed by atoms with Gasteiger partial charge in [-0.1, -0.05) is 78.1 Å². The quantitative estimate of drug-likeness (QED) is 0.320. The van der Waals surface area contributed by atoms with Gasteiger partial charge in [-0.25, -0.2) is 0 Å². The van der Waals surface area contributed by atoms with E-state index in [4.69, 9.17) is 4.74 Å². The molecule has 3 nitrogen and oxygen atoms in total. The fourth-order valence-corrected chi connectivity index (χ4v) is 3.52. The summed E-state index contributed by atoms with van der Waals surface area (Å²) in [4.78, 5) is 15.6. The lowest BCUT2D eigenvalue weighted by atomic mass is 10.1. The molecule has 0 aromatic heterocycles. The van der Waals surface area contributed by atoms with Gasteiger partial charge in [0.05, 0.1) is 12.8 Å². The van der Waals surface area contributed by atoms with Crippen molar-refractivity contribution in [1.82, 2.24) is 0 Å². The van der Waals surface area contributed by atoms with Crippen molar-refractivity contribution < 1.29 is 9.53 Å². The molecule has 0 aliphatic carbocycles. The number of methoxy groups -OCH3 is 1. The van der Waals surface area contributed by atoms with Gasteiger partial charge in [0, 0.05) is 22.9 Å². The largest absolute Gasteiger partial charge is 0.497 e. The molecule has 0 spiro atoms. The molecule has 0 atom stereocenters. The van der Waals surface area contributed by atoms with Gasteiger partial charge < -0.3 is 4.74 Å². The summed E-state index contributed by atoms with van der Waals surface area (Å²) in [5, 5.41) is 0. The fourth-order valence-electron chi connectivity index (χ4n) is 3.52. The Kier molecular flexibility index (Phi) is 7.22. The molecule has 0 heterocycles. The highest BCUT2D eigenvalue weighted by atomic mass is 16.5. The topological polar surface area (TPSA) is 29.5 Å². The lowest BCUT2D eigenvalue weighted by Gasteiger charge is -2.26. The smallest absolute Gasteiger partial charge is 0.262 e. The maximum Gasteiger partial charge on any atom is 0.262 e. The molecule has 0 saturated carbocycles. The molecule has 4 aromatic rings. The van der Waals surface area contributed by atoms with Crippen molar-refractivity contribution in [1.29, 1.82) is 0 Å². The van der Waals surface area contributed by atoms with Gasteiger partial charge in [0.1, 0.15) is 5.75 Å². The van der Waals surface area contributed by atoms with Crippen LogP contribution in [0.15, 0.2) is 115 Å². The number of hydrogen-bond donors (Lipinski definition) is 0. The number of aryl methyl sites for hydroxylation is 1. The summed E-state index contributed by atoms with van der Waals surface area (Å²) in [7, 11) is 1.61. The van der Waals surface area contributed by atoms with Crippen LogP contribution in [0.5, 0.6) is 5.75 Å². The van der Waals surface area contributed by atoms with Crippen molar-refractivity contribution in [2.45, 2.75) is 6.92 Å². The molecule has 166 valence electrons. The van der Waals surface area contributed by atoms with E-state index in [0.717, 1.165) is 22.4 Å². The minimum absolute atomic E-state index is 0.150. The van der Waals surface area contributed by atoms with E-state index in [1.807, 2.05) is 97.9 Å². The van der Waals surface area contributed by atoms with Crippen molar-refractivity contribution in [3.05, 3.63) is 138 Å². The molecule has 0 aliphatic rings. The van der Waals surface area contributed by atoms with Crippen LogP contribution in [0, 0.1) is 18.8 Å². The second-order valence-electron chi connectivity index (χ2n) is 7.74. The third-order valence-electron chi connectivity index (χ3n) is 5.34. The van der Waals surface area contributed by atoms with E-state index in [1.165, 1.54) is 0 Å². The molecule has 1 amide bonds. The molecule has 3 heteroatoms. The van der Waals surface area contributed by atoms with Crippen LogP contribution in [0.1, 0.15) is 27.0 Å². The minimum Gasteiger partial charge on any atom is -0.497 e. The monoisotopic (exact) mass is 443 g/mol. The Hall–Kier alpha value is -4.55. The molecule has 34 heavy (non-hydrogen) atoms. The lowest BCUT2D eigenvalue weighted by molar-refractivity contribution is 0.1000. The van der Waals surface area contributed by atoms with Crippen LogP contribution in [0.4, 0.5) is 5.69 Å². The van der Waals surface area contributed by atoms with Gasteiger partial charge in [0.15, 0.2) is 0 Å². The zero-order valence-corrected chi connectivity index (χ0v) is 19.2. The molecule has 0 saturated heterocycles. The molecular weight excluding hydrogens is 418 g/mol. The van der Waals surface area contributed by atoms with Crippen molar-refractivity contribution in [2.24, 2.45) is 0 Å². The number of hydrogen-bond acceptors (Lipinski definition) is 2. The van der Waals surface area contributed by atoms with Gasteiger partial charge in [-0.2, -0.15) is 0 Å². The first-order valence-corrected chi connectivity index (χ1v) is 11.0. The number of nitrogens with zero attached hydrogens (tertiary/aromatic N) is 1. The summed E-state index contributed by atoms with van der Waals surface area (Å²) in [6.45, 7) is 2.03. The van der Waals surface area contributed by atoms with Crippen LogP contribution >= 0.6 is 0 Å². The molecule has 0 N–H and O–H groups in total. The van der Waals surface area contributed by atoms with Gasteiger partial charge in [0.2, 0.25) is 0 Å². The summed E-state index contributed by atoms with van der Waals surface area (Å²) in [5.41, 5.74) is 4.95. The Labute approximate surface area is 201 Å². The van der Waals surface area contributed by atoms with Gasteiger partial charge in [-0.15, -0.1) is 0 Å². The number of anilines is 1. The van der Waals surface area contributed by atoms with Crippen LogP contribution in [0.25, 0.3) is 5.70 Å². The average Bonchev–Trinajstić information content (AvgIpc) is 2.90. The van der Waals surface area contributed by atoms with Gasteiger partial charge in [0.25, 0.3) is 5.91 Å². The van der Waals surface area contributed by atoms with Crippen LogP contribution < -0.4 is 9.64 Å². The van der Waals surface area contributed by atoms with Gasteiger partial charge in [-0.3, -0.25) is 9.69 Å². The molecule has 4 rings (SSSR count). The zero-order chi connectivity index (χ0) is 23.8. The third-order valence-corrected chi connectivity index (χ3v) is 5.34. The fraction of sp³-hybridized carbons (Fsp3) is 0.0645. The summed E-state index contributed by atoms with van der Waals surface area (Å²) >= 11 is 0. The van der Waals surface area contributed by atoms with E-state index < -0.39 is 0 Å². The Morgan fingerprint density at radius 1 is 0.765 bits per heavy atom. The normalized spacial score (nSPS) is 10.7. The first-order valence-electron chi connectivity index (χ1n) is 11.0. The number of ether oxygens (including phenoxy) is 1. The van der Waals surface area contributed by atoms with Crippen LogP contribution in [0.3, 0.4) is 0 Å². The van der Waals surface area contributed by atoms with Gasteiger partial charge >= 0.3 is 0 Å². The SMILES string of the molecule is COc1ccc(C(=O)N(/C(=C/C#Cc2ccccc2)c2ccccc2)c2ccc(C)cc2)cc1. The minimum atomic E-state index is -0.150. The van der Waals surface area contributed by atoms with E-state index in [2.05, 4.69) is 11.8 Å². The van der Waals surface area contributed by atoms with E-state index in [1.54, 1.807) is 36.3 Å². The van der Waals surface area contributed by atoms with Crippen LogP contribution in [-0.4, -0.2) is 13.0 Å². The molecule has 0 radical (unpaired) electrons.